The van der Waals surface area contributed by atoms with E-state index in [2.05, 4.69) is 15.3 Å². The second-order valence-corrected chi connectivity index (χ2v) is 6.05. The maximum absolute atomic E-state index is 12.3. The van der Waals surface area contributed by atoms with Crippen molar-refractivity contribution < 1.29 is 9.53 Å². The van der Waals surface area contributed by atoms with Crippen LogP contribution in [-0.4, -0.2) is 46.2 Å². The SMILES string of the molecule is CC(C)(C)OC(=O)N1CCNCC1c1cncc(Cl)n1. The molecule has 0 saturated carbocycles. The van der Waals surface area contributed by atoms with Crippen molar-refractivity contribution in [1.29, 1.82) is 0 Å². The third-order valence-electron chi connectivity index (χ3n) is 2.84. The van der Waals surface area contributed by atoms with Gasteiger partial charge in [0, 0.05) is 19.6 Å². The Morgan fingerprint density at radius 2 is 2.25 bits per heavy atom. The number of hydrogen-bond acceptors (Lipinski definition) is 5. The molecular formula is C13H19ClN4O2. The zero-order valence-corrected chi connectivity index (χ0v) is 12.6. The first-order chi connectivity index (χ1) is 9.37. The second-order valence-electron chi connectivity index (χ2n) is 5.66. The van der Waals surface area contributed by atoms with Crippen molar-refractivity contribution in [2.45, 2.75) is 32.4 Å². The lowest BCUT2D eigenvalue weighted by molar-refractivity contribution is 0.0113. The van der Waals surface area contributed by atoms with Crippen LogP contribution in [0, 0.1) is 0 Å². The predicted octanol–water partition coefficient (Wildman–Crippen LogP) is 2.01. The van der Waals surface area contributed by atoms with Gasteiger partial charge in [-0.05, 0) is 20.8 Å². The first kappa shape index (κ1) is 15.0. The molecule has 1 aliphatic heterocycles. The maximum Gasteiger partial charge on any atom is 0.410 e. The largest absolute Gasteiger partial charge is 0.444 e. The van der Waals surface area contributed by atoms with Gasteiger partial charge in [-0.3, -0.25) is 9.88 Å². The minimum absolute atomic E-state index is 0.218. The molecule has 0 bridgehead atoms. The molecule has 0 radical (unpaired) electrons. The van der Waals surface area contributed by atoms with E-state index < -0.39 is 5.60 Å². The van der Waals surface area contributed by atoms with Gasteiger partial charge in [-0.1, -0.05) is 11.6 Å². The molecule has 1 unspecified atom stereocenters. The fraction of sp³-hybridized carbons (Fsp3) is 0.615. The van der Waals surface area contributed by atoms with E-state index in [0.29, 0.717) is 23.9 Å². The lowest BCUT2D eigenvalue weighted by atomic mass is 10.1. The van der Waals surface area contributed by atoms with Crippen molar-refractivity contribution >= 4 is 17.7 Å². The van der Waals surface area contributed by atoms with E-state index in [-0.39, 0.29) is 12.1 Å². The van der Waals surface area contributed by atoms with E-state index >= 15 is 0 Å². The Balaban J connectivity index is 2.19. The molecule has 1 saturated heterocycles. The number of aromatic nitrogens is 2. The van der Waals surface area contributed by atoms with Gasteiger partial charge in [0.15, 0.2) is 0 Å². The first-order valence-corrected chi connectivity index (χ1v) is 6.92. The van der Waals surface area contributed by atoms with Crippen LogP contribution in [0.25, 0.3) is 0 Å². The highest BCUT2D eigenvalue weighted by molar-refractivity contribution is 6.29. The molecule has 1 aromatic heterocycles. The third-order valence-corrected chi connectivity index (χ3v) is 3.02. The summed E-state index contributed by atoms with van der Waals surface area (Å²) in [6.45, 7) is 7.44. The molecule has 1 aromatic rings. The average molecular weight is 299 g/mol. The average Bonchev–Trinajstić information content (AvgIpc) is 2.37. The molecule has 2 heterocycles. The van der Waals surface area contributed by atoms with Crippen LogP contribution in [0.1, 0.15) is 32.5 Å². The van der Waals surface area contributed by atoms with Crippen molar-refractivity contribution in [3.8, 4) is 0 Å². The molecule has 7 heteroatoms. The molecule has 0 aromatic carbocycles. The van der Waals surface area contributed by atoms with Gasteiger partial charge < -0.3 is 10.1 Å². The fourth-order valence-electron chi connectivity index (χ4n) is 2.02. The van der Waals surface area contributed by atoms with Crippen LogP contribution in [-0.2, 0) is 4.74 Å². The summed E-state index contributed by atoms with van der Waals surface area (Å²) in [4.78, 5) is 22.2. The van der Waals surface area contributed by atoms with Gasteiger partial charge in [0.1, 0.15) is 10.8 Å². The molecule has 1 N–H and O–H groups in total. The van der Waals surface area contributed by atoms with Gasteiger partial charge >= 0.3 is 6.09 Å². The van der Waals surface area contributed by atoms with Crippen LogP contribution < -0.4 is 5.32 Å². The Kier molecular flexibility index (Phi) is 4.45. The standard InChI is InChI=1S/C13H19ClN4O2/c1-13(2,3)20-12(19)18-5-4-15-7-10(18)9-6-16-8-11(14)17-9/h6,8,10,15H,4-5,7H2,1-3H3. The maximum atomic E-state index is 12.3. The summed E-state index contributed by atoms with van der Waals surface area (Å²) >= 11 is 5.87. The number of carbonyl (C=O) groups is 1. The number of halogens is 1. The van der Waals surface area contributed by atoms with Crippen molar-refractivity contribution in [1.82, 2.24) is 20.2 Å². The van der Waals surface area contributed by atoms with Crippen molar-refractivity contribution in [3.05, 3.63) is 23.2 Å². The summed E-state index contributed by atoms with van der Waals surface area (Å²) < 4.78 is 5.44. The normalized spacial score (nSPS) is 19.8. The Morgan fingerprint density at radius 3 is 2.90 bits per heavy atom. The predicted molar refractivity (Wildman–Crippen MR) is 75.6 cm³/mol. The summed E-state index contributed by atoms with van der Waals surface area (Å²) in [6.07, 6.45) is 2.76. The Labute approximate surface area is 123 Å². The highest BCUT2D eigenvalue weighted by Gasteiger charge is 2.32. The molecule has 2 rings (SSSR count). The number of nitrogens with one attached hydrogen (secondary N) is 1. The summed E-state index contributed by atoms with van der Waals surface area (Å²) in [5.74, 6) is 0. The molecule has 110 valence electrons. The van der Waals surface area contributed by atoms with E-state index in [0.717, 1.165) is 6.54 Å². The minimum atomic E-state index is -0.521. The third kappa shape index (κ3) is 3.80. The van der Waals surface area contributed by atoms with Gasteiger partial charge in [0.25, 0.3) is 0 Å². The van der Waals surface area contributed by atoms with Crippen LogP contribution in [0.15, 0.2) is 12.4 Å². The van der Waals surface area contributed by atoms with Gasteiger partial charge in [0.2, 0.25) is 0 Å². The molecule has 1 fully saturated rings. The van der Waals surface area contributed by atoms with Crippen molar-refractivity contribution in [2.75, 3.05) is 19.6 Å². The zero-order valence-electron chi connectivity index (χ0n) is 11.9. The fourth-order valence-corrected chi connectivity index (χ4v) is 2.18. The van der Waals surface area contributed by atoms with E-state index in [9.17, 15) is 4.79 Å². The highest BCUT2D eigenvalue weighted by atomic mass is 35.5. The minimum Gasteiger partial charge on any atom is -0.444 e. The quantitative estimate of drug-likeness (QED) is 0.859. The molecule has 1 amide bonds. The zero-order chi connectivity index (χ0) is 14.8. The Hall–Kier alpha value is -1.40. The van der Waals surface area contributed by atoms with E-state index in [1.54, 1.807) is 11.1 Å². The number of carbonyl (C=O) groups excluding carboxylic acids is 1. The highest BCUT2D eigenvalue weighted by Crippen LogP contribution is 2.23. The number of ether oxygens (including phenoxy) is 1. The molecule has 1 atom stereocenters. The lowest BCUT2D eigenvalue weighted by Crippen LogP contribution is -2.50. The summed E-state index contributed by atoms with van der Waals surface area (Å²) in [7, 11) is 0. The van der Waals surface area contributed by atoms with Crippen molar-refractivity contribution in [3.63, 3.8) is 0 Å². The van der Waals surface area contributed by atoms with Crippen LogP contribution in [0.5, 0.6) is 0 Å². The van der Waals surface area contributed by atoms with Crippen LogP contribution in [0.3, 0.4) is 0 Å². The topological polar surface area (TPSA) is 67.3 Å². The van der Waals surface area contributed by atoms with Crippen molar-refractivity contribution in [2.24, 2.45) is 0 Å². The summed E-state index contributed by atoms with van der Waals surface area (Å²) in [5, 5.41) is 3.56. The van der Waals surface area contributed by atoms with Gasteiger partial charge in [-0.25, -0.2) is 9.78 Å². The van der Waals surface area contributed by atoms with Crippen LogP contribution >= 0.6 is 11.6 Å². The van der Waals surface area contributed by atoms with E-state index in [1.807, 2.05) is 20.8 Å². The first-order valence-electron chi connectivity index (χ1n) is 6.54. The number of rotatable bonds is 1. The summed E-state index contributed by atoms with van der Waals surface area (Å²) in [6, 6.07) is -0.218. The smallest absolute Gasteiger partial charge is 0.410 e. The lowest BCUT2D eigenvalue weighted by Gasteiger charge is -2.36. The molecular weight excluding hydrogens is 280 g/mol. The Bertz CT molecular complexity index is 490. The molecule has 6 nitrogen and oxygen atoms in total. The van der Waals surface area contributed by atoms with Gasteiger partial charge in [0.05, 0.1) is 24.1 Å². The van der Waals surface area contributed by atoms with Crippen LogP contribution in [0.2, 0.25) is 5.15 Å². The number of hydrogen-bond donors (Lipinski definition) is 1. The second kappa shape index (κ2) is 5.93. The van der Waals surface area contributed by atoms with Gasteiger partial charge in [-0.2, -0.15) is 0 Å². The van der Waals surface area contributed by atoms with E-state index in [1.165, 1.54) is 6.20 Å². The van der Waals surface area contributed by atoms with Gasteiger partial charge in [-0.15, -0.1) is 0 Å². The molecule has 1 aliphatic rings. The number of piperazine rings is 1. The monoisotopic (exact) mass is 298 g/mol. The van der Waals surface area contributed by atoms with E-state index in [4.69, 9.17) is 16.3 Å². The molecule has 0 spiro atoms. The number of amides is 1. The van der Waals surface area contributed by atoms with Crippen LogP contribution in [0.4, 0.5) is 4.79 Å². The molecule has 20 heavy (non-hydrogen) atoms. The molecule has 0 aliphatic carbocycles. The number of nitrogens with zero attached hydrogens (tertiary/aromatic N) is 3. The summed E-state index contributed by atoms with van der Waals surface area (Å²) in [5.41, 5.74) is 0.141. The Morgan fingerprint density at radius 1 is 1.50 bits per heavy atom.